The van der Waals surface area contributed by atoms with Gasteiger partial charge in [0.2, 0.25) is 17.5 Å². The van der Waals surface area contributed by atoms with E-state index in [2.05, 4.69) is 38.8 Å². The molecule has 0 bridgehead atoms. The highest BCUT2D eigenvalue weighted by molar-refractivity contribution is 7.13. The third kappa shape index (κ3) is 3.68. The second kappa shape index (κ2) is 8.04. The van der Waals surface area contributed by atoms with Crippen molar-refractivity contribution in [3.8, 4) is 16.8 Å². The highest BCUT2D eigenvalue weighted by Crippen LogP contribution is 2.31. The number of likely N-dealkylation sites (tertiary alicyclic amines) is 1. The number of rotatable bonds is 6. The zero-order valence-electron chi connectivity index (χ0n) is 14.4. The molecule has 4 heterocycles. The Balaban J connectivity index is 1.53. The maximum Gasteiger partial charge on any atom is 0.240 e. The van der Waals surface area contributed by atoms with Gasteiger partial charge in [-0.1, -0.05) is 18.6 Å². The van der Waals surface area contributed by atoms with Crippen molar-refractivity contribution in [2.24, 2.45) is 0 Å². The highest BCUT2D eigenvalue weighted by Gasteiger charge is 2.24. The monoisotopic (exact) mass is 384 g/mol. The van der Waals surface area contributed by atoms with Crippen LogP contribution in [0.3, 0.4) is 0 Å². The number of nitrogens with zero attached hydrogens (tertiary/aromatic N) is 3. The van der Waals surface area contributed by atoms with Gasteiger partial charge in [-0.3, -0.25) is 4.90 Å². The van der Waals surface area contributed by atoms with Crippen LogP contribution >= 0.6 is 22.7 Å². The zero-order chi connectivity index (χ0) is 17.8. The summed E-state index contributed by atoms with van der Waals surface area (Å²) in [6, 6.07) is 10.6. The Bertz CT molecular complexity index is 858. The molecule has 7 heteroatoms. The summed E-state index contributed by atoms with van der Waals surface area (Å²) in [6.07, 6.45) is 3.80. The molecule has 1 N–H and O–H groups in total. The van der Waals surface area contributed by atoms with Crippen molar-refractivity contribution in [1.82, 2.24) is 9.88 Å². The Kier molecular flexibility index (Phi) is 5.34. The molecule has 5 nitrogen and oxygen atoms in total. The first-order chi connectivity index (χ1) is 12.8. The predicted molar refractivity (Wildman–Crippen MR) is 106 cm³/mol. The van der Waals surface area contributed by atoms with Crippen LogP contribution < -0.4 is 5.32 Å². The fourth-order valence-electron chi connectivity index (χ4n) is 3.33. The van der Waals surface area contributed by atoms with Crippen molar-refractivity contribution in [2.75, 3.05) is 25.0 Å². The molecule has 1 saturated heterocycles. The van der Waals surface area contributed by atoms with Gasteiger partial charge >= 0.3 is 0 Å². The Morgan fingerprint density at radius 1 is 1.19 bits per heavy atom. The van der Waals surface area contributed by atoms with Gasteiger partial charge in [0, 0.05) is 11.4 Å². The van der Waals surface area contributed by atoms with Crippen molar-refractivity contribution in [3.63, 3.8) is 0 Å². The van der Waals surface area contributed by atoms with E-state index in [1.54, 1.807) is 22.7 Å². The lowest BCUT2D eigenvalue weighted by Gasteiger charge is -2.34. The Morgan fingerprint density at radius 3 is 2.69 bits per heavy atom. The molecule has 0 spiro atoms. The van der Waals surface area contributed by atoms with E-state index in [0.29, 0.717) is 24.0 Å². The molecule has 1 aliphatic rings. The first-order valence-corrected chi connectivity index (χ1v) is 10.6. The summed E-state index contributed by atoms with van der Waals surface area (Å²) < 4.78 is 5.86. The maximum atomic E-state index is 9.41. The van der Waals surface area contributed by atoms with Gasteiger partial charge in [0.05, 0.1) is 10.9 Å². The van der Waals surface area contributed by atoms with Gasteiger partial charge < -0.3 is 9.73 Å². The summed E-state index contributed by atoms with van der Waals surface area (Å²) in [6.45, 7) is 2.94. The van der Waals surface area contributed by atoms with Crippen molar-refractivity contribution >= 4 is 28.6 Å². The van der Waals surface area contributed by atoms with Gasteiger partial charge in [0.25, 0.3) is 0 Å². The third-order valence-electron chi connectivity index (χ3n) is 4.62. The molecule has 0 aromatic carbocycles. The number of aromatic nitrogens is 1. The molecule has 0 saturated carbocycles. The summed E-state index contributed by atoms with van der Waals surface area (Å²) in [7, 11) is 0. The number of piperidine rings is 1. The van der Waals surface area contributed by atoms with Crippen LogP contribution in [-0.4, -0.2) is 29.5 Å². The first kappa shape index (κ1) is 17.3. The van der Waals surface area contributed by atoms with Gasteiger partial charge in [-0.15, -0.1) is 22.7 Å². The number of hydrogen-bond acceptors (Lipinski definition) is 7. The van der Waals surface area contributed by atoms with Gasteiger partial charge in [-0.05, 0) is 48.8 Å². The van der Waals surface area contributed by atoms with E-state index >= 15 is 0 Å². The van der Waals surface area contributed by atoms with Gasteiger partial charge in [-0.25, -0.2) is 0 Å². The molecular weight excluding hydrogens is 364 g/mol. The van der Waals surface area contributed by atoms with Crippen molar-refractivity contribution in [3.05, 3.63) is 45.6 Å². The molecule has 0 aliphatic carbocycles. The average Bonchev–Trinajstić information content (AvgIpc) is 3.44. The average molecular weight is 385 g/mol. The van der Waals surface area contributed by atoms with E-state index in [-0.39, 0.29) is 6.04 Å². The summed E-state index contributed by atoms with van der Waals surface area (Å²) in [5.74, 6) is 0.971. The molecule has 4 rings (SSSR count). The summed E-state index contributed by atoms with van der Waals surface area (Å²) >= 11 is 3.34. The molecule has 0 radical (unpaired) electrons. The minimum Gasteiger partial charge on any atom is -0.418 e. The van der Waals surface area contributed by atoms with Crippen LogP contribution in [0.15, 0.2) is 39.4 Å². The van der Waals surface area contributed by atoms with E-state index in [9.17, 15) is 5.26 Å². The first-order valence-electron chi connectivity index (χ1n) is 8.81. The summed E-state index contributed by atoms with van der Waals surface area (Å²) in [5.41, 5.74) is 0.317. The van der Waals surface area contributed by atoms with E-state index in [0.717, 1.165) is 18.0 Å². The predicted octanol–water partition coefficient (Wildman–Crippen LogP) is 4.98. The number of anilines is 1. The lowest BCUT2D eigenvalue weighted by molar-refractivity contribution is 0.172. The summed E-state index contributed by atoms with van der Waals surface area (Å²) in [4.78, 5) is 9.14. The van der Waals surface area contributed by atoms with Crippen LogP contribution in [0.25, 0.3) is 10.8 Å². The molecule has 3 aromatic heterocycles. The SMILES string of the molecule is N#Cc1nc(-c2cccs2)oc1NCC(c1cccs1)N1CCCCC1. The number of nitrogens with one attached hydrogen (secondary N) is 1. The minimum atomic E-state index is 0.289. The molecule has 134 valence electrons. The lowest BCUT2D eigenvalue weighted by Crippen LogP contribution is -2.36. The largest absolute Gasteiger partial charge is 0.418 e. The van der Waals surface area contributed by atoms with Crippen LogP contribution in [0.4, 0.5) is 5.88 Å². The smallest absolute Gasteiger partial charge is 0.240 e. The van der Waals surface area contributed by atoms with E-state index in [4.69, 9.17) is 4.42 Å². The molecule has 1 atom stereocenters. The number of oxazole rings is 1. The van der Waals surface area contributed by atoms with Crippen molar-refractivity contribution in [1.29, 1.82) is 5.26 Å². The zero-order valence-corrected chi connectivity index (χ0v) is 16.0. The number of hydrogen-bond donors (Lipinski definition) is 1. The van der Waals surface area contributed by atoms with Crippen molar-refractivity contribution in [2.45, 2.75) is 25.3 Å². The standard InChI is InChI=1S/C19H20N4OS2/c20-12-14-18(24-19(22-14)17-7-5-11-26-17)21-13-15(16-6-4-10-25-16)23-8-2-1-3-9-23/h4-7,10-11,15,21H,1-3,8-9,13H2. The second-order valence-corrected chi connectivity index (χ2v) is 8.22. The number of thiophene rings is 2. The normalized spacial score (nSPS) is 16.3. The summed E-state index contributed by atoms with van der Waals surface area (Å²) in [5, 5.41) is 16.9. The Morgan fingerprint density at radius 2 is 2.00 bits per heavy atom. The van der Waals surface area contributed by atoms with Crippen LogP contribution in [0.1, 0.15) is 35.9 Å². The minimum absolute atomic E-state index is 0.289. The molecule has 3 aromatic rings. The molecule has 0 amide bonds. The molecular formula is C19H20N4OS2. The topological polar surface area (TPSA) is 65.1 Å². The Hall–Kier alpha value is -2.14. The fraction of sp³-hybridized carbons (Fsp3) is 0.368. The molecule has 26 heavy (non-hydrogen) atoms. The molecule has 1 unspecified atom stereocenters. The lowest BCUT2D eigenvalue weighted by atomic mass is 10.1. The quantitative estimate of drug-likeness (QED) is 0.649. The maximum absolute atomic E-state index is 9.41. The Labute approximate surface area is 160 Å². The van der Waals surface area contributed by atoms with E-state index in [1.807, 2.05) is 17.5 Å². The van der Waals surface area contributed by atoms with Crippen molar-refractivity contribution < 1.29 is 4.42 Å². The van der Waals surface area contributed by atoms with Crippen LogP contribution in [0, 0.1) is 11.3 Å². The number of nitriles is 1. The van der Waals surface area contributed by atoms with Gasteiger partial charge in [-0.2, -0.15) is 10.2 Å². The van der Waals surface area contributed by atoms with Gasteiger partial charge in [0.15, 0.2) is 0 Å². The molecule has 1 aliphatic heterocycles. The van der Waals surface area contributed by atoms with E-state index < -0.39 is 0 Å². The third-order valence-corrected chi connectivity index (χ3v) is 6.46. The van der Waals surface area contributed by atoms with Crippen LogP contribution in [0.2, 0.25) is 0 Å². The van der Waals surface area contributed by atoms with Gasteiger partial charge in [0.1, 0.15) is 6.07 Å². The molecule has 1 fully saturated rings. The van der Waals surface area contributed by atoms with Crippen LogP contribution in [-0.2, 0) is 0 Å². The fourth-order valence-corrected chi connectivity index (χ4v) is 4.84. The van der Waals surface area contributed by atoms with E-state index in [1.165, 1.54) is 24.1 Å². The highest BCUT2D eigenvalue weighted by atomic mass is 32.1. The second-order valence-electron chi connectivity index (χ2n) is 6.29. The van der Waals surface area contributed by atoms with Crippen LogP contribution in [0.5, 0.6) is 0 Å².